The zero-order valence-corrected chi connectivity index (χ0v) is 54.7. The van der Waals surface area contributed by atoms with Crippen LogP contribution in [0.2, 0.25) is 0 Å². The van der Waals surface area contributed by atoms with E-state index in [2.05, 4.69) is 4.99 Å². The summed E-state index contributed by atoms with van der Waals surface area (Å²) in [5, 5.41) is 42.1. The molecule has 496 valence electrons. The van der Waals surface area contributed by atoms with Crippen molar-refractivity contribution in [3.63, 3.8) is 0 Å². The van der Waals surface area contributed by atoms with Gasteiger partial charge in [0.15, 0.2) is 19.6 Å². The monoisotopic (exact) mass is 1570 g/mol. The molecule has 0 unspecified atom stereocenters. The van der Waals surface area contributed by atoms with Crippen molar-refractivity contribution in [2.75, 3.05) is 132 Å². The van der Waals surface area contributed by atoms with E-state index in [1.807, 2.05) is 0 Å². The molecule has 0 spiro atoms. The third-order valence-electron chi connectivity index (χ3n) is 7.93. The number of ether oxygens (including phenoxy) is 8. The van der Waals surface area contributed by atoms with Gasteiger partial charge in [0.1, 0.15) is 25.5 Å². The second-order valence-electron chi connectivity index (χ2n) is 14.5. The van der Waals surface area contributed by atoms with Crippen molar-refractivity contribution in [3.8, 4) is 0 Å². The van der Waals surface area contributed by atoms with Crippen molar-refractivity contribution in [2.45, 2.75) is 77.1 Å². The molecule has 0 saturated carbocycles. The molecule has 0 aromatic rings. The van der Waals surface area contributed by atoms with Gasteiger partial charge in [0.25, 0.3) is 17.1 Å². The van der Waals surface area contributed by atoms with E-state index >= 15 is 0 Å². The number of aliphatic imine (C=N–C) groups is 1. The molecule has 0 amide bonds. The van der Waals surface area contributed by atoms with Crippen LogP contribution >= 0.6 is 0 Å². The zero-order valence-electron chi connectivity index (χ0n) is 45.8. The van der Waals surface area contributed by atoms with Crippen LogP contribution in [0.25, 0.3) is 0 Å². The fraction of sp³-hybridized carbons (Fsp3) is 0.727. The van der Waals surface area contributed by atoms with E-state index in [4.69, 9.17) is 37.9 Å². The molecule has 0 fully saturated rings. The third kappa shape index (κ3) is 56.0. The summed E-state index contributed by atoms with van der Waals surface area (Å²) < 4.78 is 331. The maximum Gasteiger partial charge on any atom is 2.00 e. The Kier molecular flexibility index (Phi) is 54.9. The summed E-state index contributed by atoms with van der Waals surface area (Å²) in [7, 11) is 0. The number of nitrogens with one attached hydrogen (secondary N) is 3. The minimum atomic E-state index is -5.37. The summed E-state index contributed by atoms with van der Waals surface area (Å²) in [5.41, 5.74) is -7.19. The van der Waals surface area contributed by atoms with Gasteiger partial charge in [0.05, 0.1) is 66.0 Å². The molecule has 0 aliphatic carbocycles. The van der Waals surface area contributed by atoms with Crippen LogP contribution in [0.15, 0.2) is 52.3 Å². The Morgan fingerprint density at radius 2 is 0.512 bits per heavy atom. The molecular weight excluding hydrogens is 1510 g/mol. The minimum Gasteiger partial charge on any atom is -0.869 e. The first-order chi connectivity index (χ1) is 38.3. The molecule has 0 heterocycles. The Morgan fingerprint density at radius 3 is 0.709 bits per heavy atom. The smallest absolute Gasteiger partial charge is 0.869 e. The molecule has 0 radical (unpaired) electrons. The normalized spacial score (nSPS) is 14.3. The van der Waals surface area contributed by atoms with Gasteiger partial charge >= 0.3 is 147 Å². The first-order valence-electron chi connectivity index (χ1n) is 23.5. The summed E-state index contributed by atoms with van der Waals surface area (Å²) >= 11 is 0. The molecular formula is C44H59Ba2F24N4O12+3. The van der Waals surface area contributed by atoms with Gasteiger partial charge in [-0.2, -0.15) is 105 Å². The second-order valence-corrected chi connectivity index (χ2v) is 14.5. The maximum absolute atomic E-state index is 12.4. The Morgan fingerprint density at radius 1 is 0.302 bits per heavy atom. The predicted octanol–water partition coefficient (Wildman–Crippen LogP) is 0.877. The molecule has 0 aromatic carbocycles. The summed E-state index contributed by atoms with van der Waals surface area (Å²) in [6, 6.07) is 0. The van der Waals surface area contributed by atoms with Crippen LogP contribution < -0.4 is 35.4 Å². The zero-order chi connectivity index (χ0) is 66.1. The Hall–Kier alpha value is -2.02. The first-order valence-corrected chi connectivity index (χ1v) is 23.5. The van der Waals surface area contributed by atoms with Crippen LogP contribution in [0.4, 0.5) is 105 Å². The van der Waals surface area contributed by atoms with Crippen molar-refractivity contribution < 1.29 is 179 Å². The molecule has 16 nitrogen and oxygen atoms in total. The molecule has 3 N–H and O–H groups in total. The van der Waals surface area contributed by atoms with Crippen LogP contribution in [0, 0.1) is 0 Å². The number of allylic oxidation sites excluding steroid dienone is 8. The number of halogens is 24. The van der Waals surface area contributed by atoms with E-state index in [1.54, 1.807) is 42.7 Å². The van der Waals surface area contributed by atoms with Crippen LogP contribution in [0.5, 0.6) is 0 Å². The van der Waals surface area contributed by atoms with Crippen molar-refractivity contribution in [2.24, 2.45) is 4.99 Å². The molecule has 0 bridgehead atoms. The first kappa shape index (κ1) is 95.1. The molecule has 42 heteroatoms. The van der Waals surface area contributed by atoms with Gasteiger partial charge in [-0.05, 0) is 56.8 Å². The van der Waals surface area contributed by atoms with Crippen molar-refractivity contribution >= 4 is 121 Å². The van der Waals surface area contributed by atoms with Gasteiger partial charge in [-0.15, -0.1) is 0 Å². The van der Waals surface area contributed by atoms with Crippen LogP contribution in [-0.2, 0) is 37.9 Å². The summed E-state index contributed by atoms with van der Waals surface area (Å²) in [6.07, 6.45) is -44.0. The molecule has 86 heavy (non-hydrogen) atoms. The summed E-state index contributed by atoms with van der Waals surface area (Å²) in [4.78, 5) is 8.02. The Labute approximate surface area is 555 Å². The van der Waals surface area contributed by atoms with Crippen molar-refractivity contribution in [1.82, 2.24) is 0 Å². The largest absolute Gasteiger partial charge is 2.00 e. The van der Waals surface area contributed by atoms with Gasteiger partial charge < -0.3 is 58.3 Å². The molecule has 0 aromatic heterocycles. The number of hydrogen-bond acceptors (Lipinski definition) is 13. The number of hydrogen-bond donors (Lipinski definition) is 3. The summed E-state index contributed by atoms with van der Waals surface area (Å²) in [5.74, 6) is -10.4. The third-order valence-corrected chi connectivity index (χ3v) is 7.93. The minimum absolute atomic E-state index is 0. The maximum atomic E-state index is 12.4. The van der Waals surface area contributed by atoms with Crippen LogP contribution in [0.3, 0.4) is 0 Å². The Bertz CT molecular complexity index is 1740. The van der Waals surface area contributed by atoms with Crippen LogP contribution in [-0.4, -0.2) is 302 Å². The molecule has 0 saturated heterocycles. The van der Waals surface area contributed by atoms with Gasteiger partial charge in [0.2, 0.25) is 0 Å². The van der Waals surface area contributed by atoms with E-state index in [0.717, 1.165) is 0 Å². The van der Waals surface area contributed by atoms with E-state index < -0.39 is 146 Å². The fourth-order valence-corrected chi connectivity index (χ4v) is 4.22. The quantitative estimate of drug-likeness (QED) is 0.0281. The van der Waals surface area contributed by atoms with Gasteiger partial charge in [0, 0.05) is 44.7 Å². The van der Waals surface area contributed by atoms with Gasteiger partial charge in [-0.1, -0.05) is 0 Å². The van der Waals surface area contributed by atoms with Crippen molar-refractivity contribution in [1.29, 1.82) is 0 Å². The number of alkyl halides is 24. The van der Waals surface area contributed by atoms with Crippen LogP contribution in [0.1, 0.15) is 27.7 Å². The second kappa shape index (κ2) is 49.7. The van der Waals surface area contributed by atoms with Gasteiger partial charge in [-0.25, -0.2) is 15.0 Å². The molecule has 0 rings (SSSR count). The van der Waals surface area contributed by atoms with E-state index in [1.165, 1.54) is 0 Å². The van der Waals surface area contributed by atoms with E-state index in [0.29, 0.717) is 26.4 Å². The van der Waals surface area contributed by atoms with Crippen molar-refractivity contribution in [3.05, 3.63) is 47.3 Å². The fourth-order valence-electron chi connectivity index (χ4n) is 4.22. The molecule has 0 aliphatic heterocycles. The van der Waals surface area contributed by atoms with E-state index in [-0.39, 0.29) is 177 Å². The number of nitrogens with zero attached hydrogens (tertiary/aromatic N) is 1. The number of rotatable bonds is 32. The SMILES string of the molecule is CCOCCOCCN=C(/C=C(\[O-])C(F)(F)F)C(F)(F)F.CCOCCOCC[NH+]=C(/C=C(\[O-])C(F)(F)F)C(F)(F)F.CCOCCOCC[NH+]=C(/C=C(\[O-])C(F)(F)F)C(F)(F)F.CCOCCOCC[NH+]=C(/C=C(\[O-])C(F)(F)F)C(F)(F)F.[Ba+2].[Ba+2]. The average molecular weight is 1570 g/mol. The standard InChI is InChI=1S/4C11H15F6NO3.2Ba/c4*1-2-20-5-6-21-4-3-18-8(10(12,13)14)7-9(19)11(15,16)17;;/h4*7,19H,2-6H2,1H3;;/q;;;;2*+2/p-1/b4*9-7-,18-8?;;. The average Bonchev–Trinajstić information content (AvgIpc) is 3.36. The summed E-state index contributed by atoms with van der Waals surface area (Å²) in [6.45, 7) is 7.88. The predicted molar refractivity (Wildman–Crippen MR) is 246 cm³/mol. The topological polar surface area (TPSA) is 220 Å². The molecule has 0 aliphatic rings. The Balaban J connectivity index is -0.000000246. The van der Waals surface area contributed by atoms with E-state index in [9.17, 15) is 126 Å². The molecule has 0 atom stereocenters. The van der Waals surface area contributed by atoms with Gasteiger partial charge in [-0.3, -0.25) is 4.99 Å².